The van der Waals surface area contributed by atoms with Gasteiger partial charge in [0, 0.05) is 22.0 Å². The van der Waals surface area contributed by atoms with Crippen LogP contribution >= 0.6 is 15.9 Å². The van der Waals surface area contributed by atoms with Gasteiger partial charge in [0.2, 0.25) is 0 Å². The molecule has 0 bridgehead atoms. The first-order chi connectivity index (χ1) is 11.1. The van der Waals surface area contributed by atoms with Crippen molar-refractivity contribution in [3.63, 3.8) is 0 Å². The van der Waals surface area contributed by atoms with E-state index in [-0.39, 0.29) is 6.10 Å². The van der Waals surface area contributed by atoms with Gasteiger partial charge in [-0.15, -0.1) is 0 Å². The minimum Gasteiger partial charge on any atom is -0.484 e. The molecule has 0 spiro atoms. The topological polar surface area (TPSA) is 25.6 Å². The fourth-order valence-electron chi connectivity index (χ4n) is 3.26. The highest BCUT2D eigenvalue weighted by Gasteiger charge is 2.28. The Morgan fingerprint density at radius 3 is 2.78 bits per heavy atom. The Labute approximate surface area is 144 Å². The standard InChI is InChI=1S/C19H18BrNO2/c1-12-9-15-18(22-12)10-21(2)11-19(15)23-17-8-7-16(20)13-5-3-4-6-14(13)17/h3-9,19H,10-11H2,1-2H3. The molecule has 0 saturated heterocycles. The molecule has 0 aliphatic carbocycles. The second-order valence-electron chi connectivity index (χ2n) is 6.13. The van der Waals surface area contributed by atoms with Crippen LogP contribution in [0.3, 0.4) is 0 Å². The Balaban J connectivity index is 1.75. The van der Waals surface area contributed by atoms with E-state index in [1.54, 1.807) is 0 Å². The number of halogens is 1. The zero-order chi connectivity index (χ0) is 16.0. The van der Waals surface area contributed by atoms with Gasteiger partial charge >= 0.3 is 0 Å². The van der Waals surface area contributed by atoms with Gasteiger partial charge in [-0.3, -0.25) is 4.90 Å². The molecule has 0 fully saturated rings. The maximum Gasteiger partial charge on any atom is 0.140 e. The maximum absolute atomic E-state index is 6.41. The lowest BCUT2D eigenvalue weighted by Gasteiger charge is -2.29. The fraction of sp³-hybridized carbons (Fsp3) is 0.263. The third-order valence-electron chi connectivity index (χ3n) is 4.30. The number of ether oxygens (including phenoxy) is 1. The van der Waals surface area contributed by atoms with Crippen LogP contribution < -0.4 is 4.74 Å². The van der Waals surface area contributed by atoms with Crippen molar-refractivity contribution in [1.29, 1.82) is 0 Å². The van der Waals surface area contributed by atoms with E-state index in [9.17, 15) is 0 Å². The molecule has 0 radical (unpaired) electrons. The predicted octanol–water partition coefficient (Wildman–Crippen LogP) is 5.07. The SMILES string of the molecule is Cc1cc2c(o1)CN(C)CC2Oc1ccc(Br)c2ccccc12. The molecule has 3 nitrogen and oxygen atoms in total. The van der Waals surface area contributed by atoms with Crippen LogP contribution in [0, 0.1) is 6.92 Å². The van der Waals surface area contributed by atoms with E-state index in [4.69, 9.17) is 9.15 Å². The summed E-state index contributed by atoms with van der Waals surface area (Å²) in [6.45, 7) is 3.69. The van der Waals surface area contributed by atoms with Crippen LogP contribution in [0.15, 0.2) is 51.4 Å². The summed E-state index contributed by atoms with van der Waals surface area (Å²) >= 11 is 3.62. The summed E-state index contributed by atoms with van der Waals surface area (Å²) in [5.41, 5.74) is 1.17. The summed E-state index contributed by atoms with van der Waals surface area (Å²) in [5.74, 6) is 2.87. The van der Waals surface area contributed by atoms with Gasteiger partial charge in [0.15, 0.2) is 0 Å². The fourth-order valence-corrected chi connectivity index (χ4v) is 3.74. The van der Waals surface area contributed by atoms with E-state index < -0.39 is 0 Å². The van der Waals surface area contributed by atoms with Gasteiger partial charge in [-0.1, -0.05) is 40.2 Å². The molecule has 3 aromatic rings. The number of aryl methyl sites for hydroxylation is 1. The van der Waals surface area contributed by atoms with Crippen molar-refractivity contribution in [2.24, 2.45) is 0 Å². The number of hydrogen-bond donors (Lipinski definition) is 0. The first-order valence-electron chi connectivity index (χ1n) is 7.73. The van der Waals surface area contributed by atoms with Gasteiger partial charge in [0.05, 0.1) is 6.54 Å². The molecular weight excluding hydrogens is 354 g/mol. The smallest absolute Gasteiger partial charge is 0.140 e. The Morgan fingerprint density at radius 2 is 1.96 bits per heavy atom. The highest BCUT2D eigenvalue weighted by molar-refractivity contribution is 9.10. The van der Waals surface area contributed by atoms with Gasteiger partial charge < -0.3 is 9.15 Å². The summed E-state index contributed by atoms with van der Waals surface area (Å²) in [5, 5.41) is 2.29. The molecule has 2 heterocycles. The lowest BCUT2D eigenvalue weighted by Crippen LogP contribution is -2.32. The van der Waals surface area contributed by atoms with E-state index in [0.717, 1.165) is 45.6 Å². The molecule has 0 N–H and O–H groups in total. The van der Waals surface area contributed by atoms with Crippen LogP contribution in [-0.4, -0.2) is 18.5 Å². The Kier molecular flexibility index (Phi) is 3.66. The summed E-state index contributed by atoms with van der Waals surface area (Å²) in [6.07, 6.45) is -0.00854. The van der Waals surface area contributed by atoms with Crippen LogP contribution in [0.5, 0.6) is 5.75 Å². The normalized spacial score (nSPS) is 18.1. The maximum atomic E-state index is 6.41. The molecule has 23 heavy (non-hydrogen) atoms. The van der Waals surface area contributed by atoms with Gasteiger partial charge in [-0.2, -0.15) is 0 Å². The van der Waals surface area contributed by atoms with Crippen molar-refractivity contribution in [2.75, 3.05) is 13.6 Å². The Hall–Kier alpha value is -1.78. The van der Waals surface area contributed by atoms with Crippen molar-refractivity contribution < 1.29 is 9.15 Å². The van der Waals surface area contributed by atoms with Crippen molar-refractivity contribution in [3.8, 4) is 5.75 Å². The molecular formula is C19H18BrNO2. The molecule has 1 atom stereocenters. The Bertz CT molecular complexity index is 871. The lowest BCUT2D eigenvalue weighted by molar-refractivity contribution is 0.121. The first-order valence-corrected chi connectivity index (χ1v) is 8.53. The predicted molar refractivity (Wildman–Crippen MR) is 94.8 cm³/mol. The van der Waals surface area contributed by atoms with Crippen molar-refractivity contribution in [3.05, 3.63) is 64.0 Å². The lowest BCUT2D eigenvalue weighted by atomic mass is 10.0. The molecule has 1 aliphatic rings. The minimum atomic E-state index is -0.00854. The number of nitrogens with zero attached hydrogens (tertiary/aromatic N) is 1. The molecule has 2 aromatic carbocycles. The van der Waals surface area contributed by atoms with E-state index in [1.807, 2.05) is 31.2 Å². The van der Waals surface area contributed by atoms with E-state index in [2.05, 4.69) is 46.1 Å². The zero-order valence-corrected chi connectivity index (χ0v) is 14.8. The Morgan fingerprint density at radius 1 is 1.17 bits per heavy atom. The van der Waals surface area contributed by atoms with Crippen LogP contribution in [0.1, 0.15) is 23.2 Å². The third-order valence-corrected chi connectivity index (χ3v) is 4.99. The minimum absolute atomic E-state index is 0.00854. The van der Waals surface area contributed by atoms with Gasteiger partial charge in [-0.05, 0) is 37.6 Å². The molecule has 118 valence electrons. The number of furan rings is 1. The average molecular weight is 372 g/mol. The third kappa shape index (κ3) is 2.66. The molecule has 4 rings (SSSR count). The summed E-state index contributed by atoms with van der Waals surface area (Å²) in [6, 6.07) is 14.5. The van der Waals surface area contributed by atoms with Gasteiger partial charge in [0.1, 0.15) is 23.4 Å². The average Bonchev–Trinajstić information content (AvgIpc) is 2.90. The summed E-state index contributed by atoms with van der Waals surface area (Å²) in [4.78, 5) is 2.23. The van der Waals surface area contributed by atoms with Gasteiger partial charge in [-0.25, -0.2) is 0 Å². The largest absolute Gasteiger partial charge is 0.484 e. The van der Waals surface area contributed by atoms with Crippen molar-refractivity contribution in [1.82, 2.24) is 4.90 Å². The van der Waals surface area contributed by atoms with Crippen LogP contribution in [0.4, 0.5) is 0 Å². The monoisotopic (exact) mass is 371 g/mol. The quantitative estimate of drug-likeness (QED) is 0.628. The number of hydrogen-bond acceptors (Lipinski definition) is 3. The molecule has 0 saturated carbocycles. The highest BCUT2D eigenvalue weighted by Crippen LogP contribution is 2.37. The van der Waals surface area contributed by atoms with Crippen LogP contribution in [0.2, 0.25) is 0 Å². The zero-order valence-electron chi connectivity index (χ0n) is 13.2. The number of likely N-dealkylation sites (N-methyl/N-ethyl adjacent to an activating group) is 1. The second kappa shape index (κ2) is 5.69. The first kappa shape index (κ1) is 14.8. The summed E-state index contributed by atoms with van der Waals surface area (Å²) in [7, 11) is 2.09. The van der Waals surface area contributed by atoms with Crippen LogP contribution in [0.25, 0.3) is 10.8 Å². The molecule has 1 aromatic heterocycles. The molecule has 1 unspecified atom stereocenters. The number of benzene rings is 2. The van der Waals surface area contributed by atoms with Crippen molar-refractivity contribution >= 4 is 26.7 Å². The highest BCUT2D eigenvalue weighted by atomic mass is 79.9. The molecule has 0 amide bonds. The van der Waals surface area contributed by atoms with E-state index in [0.29, 0.717) is 0 Å². The number of rotatable bonds is 2. The summed E-state index contributed by atoms with van der Waals surface area (Å²) < 4.78 is 13.3. The van der Waals surface area contributed by atoms with E-state index >= 15 is 0 Å². The van der Waals surface area contributed by atoms with Gasteiger partial charge in [0.25, 0.3) is 0 Å². The second-order valence-corrected chi connectivity index (χ2v) is 6.98. The number of fused-ring (bicyclic) bond motifs is 2. The van der Waals surface area contributed by atoms with Crippen LogP contribution in [-0.2, 0) is 6.54 Å². The van der Waals surface area contributed by atoms with Crippen molar-refractivity contribution in [2.45, 2.75) is 19.6 Å². The molecule has 1 aliphatic heterocycles. The van der Waals surface area contributed by atoms with E-state index in [1.165, 1.54) is 5.56 Å². The molecule has 4 heteroatoms.